The molecule has 1 aliphatic rings. The molecule has 7 nitrogen and oxygen atoms in total. The van der Waals surface area contributed by atoms with E-state index in [1.165, 1.54) is 23.1 Å². The lowest BCUT2D eigenvalue weighted by molar-refractivity contribution is 0.0652. The molecule has 0 spiro atoms. The fraction of sp³-hybridized carbons (Fsp3) is 0.333. The molecular formula is C21H23N3O4. The monoisotopic (exact) mass is 381 g/mol. The highest BCUT2D eigenvalue weighted by molar-refractivity contribution is 6.22. The van der Waals surface area contributed by atoms with Crippen LogP contribution < -0.4 is 10.9 Å². The fourth-order valence-electron chi connectivity index (χ4n) is 3.32. The van der Waals surface area contributed by atoms with Gasteiger partial charge in [0, 0.05) is 29.9 Å². The van der Waals surface area contributed by atoms with Gasteiger partial charge in [-0.1, -0.05) is 13.3 Å². The summed E-state index contributed by atoms with van der Waals surface area (Å²) >= 11 is 0. The zero-order valence-corrected chi connectivity index (χ0v) is 16.2. The number of rotatable bonds is 6. The fourth-order valence-corrected chi connectivity index (χ4v) is 3.32. The number of carbonyl (C=O) groups is 3. The van der Waals surface area contributed by atoms with E-state index in [0.29, 0.717) is 17.7 Å². The Labute approximate surface area is 162 Å². The van der Waals surface area contributed by atoms with Crippen molar-refractivity contribution in [2.45, 2.75) is 40.2 Å². The van der Waals surface area contributed by atoms with Crippen LogP contribution in [0.2, 0.25) is 0 Å². The topological polar surface area (TPSA) is 99.3 Å². The molecule has 0 atom stereocenters. The van der Waals surface area contributed by atoms with Crippen LogP contribution in [-0.4, -0.2) is 34.2 Å². The van der Waals surface area contributed by atoms with E-state index in [1.807, 2.05) is 19.9 Å². The van der Waals surface area contributed by atoms with Crippen LogP contribution >= 0.6 is 0 Å². The smallest absolute Gasteiger partial charge is 0.261 e. The number of pyridine rings is 1. The van der Waals surface area contributed by atoms with Crippen LogP contribution in [0.3, 0.4) is 0 Å². The second-order valence-electron chi connectivity index (χ2n) is 7.00. The first-order valence-corrected chi connectivity index (χ1v) is 9.31. The summed E-state index contributed by atoms with van der Waals surface area (Å²) < 4.78 is 0. The van der Waals surface area contributed by atoms with Gasteiger partial charge in [-0.05, 0) is 50.1 Å². The van der Waals surface area contributed by atoms with E-state index in [1.54, 1.807) is 6.92 Å². The molecule has 2 heterocycles. The number of hydrogen-bond donors (Lipinski definition) is 2. The van der Waals surface area contributed by atoms with E-state index in [9.17, 15) is 19.2 Å². The van der Waals surface area contributed by atoms with Crippen molar-refractivity contribution in [3.05, 3.63) is 68.1 Å². The van der Waals surface area contributed by atoms with Crippen molar-refractivity contribution in [3.8, 4) is 0 Å². The molecule has 3 amide bonds. The van der Waals surface area contributed by atoms with E-state index in [2.05, 4.69) is 10.3 Å². The minimum atomic E-state index is -0.408. The summed E-state index contributed by atoms with van der Waals surface area (Å²) in [5, 5.41) is 2.71. The summed E-state index contributed by atoms with van der Waals surface area (Å²) in [4.78, 5) is 53.4. The Morgan fingerprint density at radius 2 is 1.79 bits per heavy atom. The molecule has 146 valence electrons. The number of carbonyl (C=O) groups excluding carboxylic acids is 3. The number of aryl methyl sites for hydroxylation is 2. The maximum absolute atomic E-state index is 12.5. The van der Waals surface area contributed by atoms with Crippen LogP contribution in [0.1, 0.15) is 67.7 Å². The Morgan fingerprint density at radius 3 is 2.46 bits per heavy atom. The lowest BCUT2D eigenvalue weighted by Crippen LogP contribution is -2.30. The molecule has 0 unspecified atom stereocenters. The number of fused-ring (bicyclic) bond motifs is 1. The SMILES string of the molecule is CCCCN1C(=O)c2ccc(C(=O)NCc3c(C)cc(C)[nH]c3=O)cc2C1=O. The molecule has 0 fully saturated rings. The average molecular weight is 381 g/mol. The van der Waals surface area contributed by atoms with E-state index >= 15 is 0 Å². The van der Waals surface area contributed by atoms with Gasteiger partial charge in [-0.25, -0.2) is 0 Å². The number of nitrogens with zero attached hydrogens (tertiary/aromatic N) is 1. The highest BCUT2D eigenvalue weighted by atomic mass is 16.2. The van der Waals surface area contributed by atoms with Crippen LogP contribution in [-0.2, 0) is 6.54 Å². The first kappa shape index (κ1) is 19.5. The van der Waals surface area contributed by atoms with E-state index in [-0.39, 0.29) is 35.0 Å². The minimum Gasteiger partial charge on any atom is -0.348 e. The second kappa shape index (κ2) is 7.80. The summed E-state index contributed by atoms with van der Waals surface area (Å²) in [5.74, 6) is -1.09. The summed E-state index contributed by atoms with van der Waals surface area (Å²) in [6.45, 7) is 6.05. The van der Waals surface area contributed by atoms with Gasteiger partial charge in [0.05, 0.1) is 11.1 Å². The number of hydrogen-bond acceptors (Lipinski definition) is 4. The highest BCUT2D eigenvalue weighted by Crippen LogP contribution is 2.24. The van der Waals surface area contributed by atoms with E-state index < -0.39 is 5.91 Å². The largest absolute Gasteiger partial charge is 0.348 e. The maximum Gasteiger partial charge on any atom is 0.261 e. The number of nitrogens with one attached hydrogen (secondary N) is 2. The van der Waals surface area contributed by atoms with E-state index in [0.717, 1.165) is 24.1 Å². The minimum absolute atomic E-state index is 0.0763. The number of unbranched alkanes of at least 4 members (excludes halogenated alkanes) is 1. The quantitative estimate of drug-likeness (QED) is 0.750. The van der Waals surface area contributed by atoms with Crippen LogP contribution in [0.4, 0.5) is 0 Å². The Bertz CT molecular complexity index is 1020. The molecule has 0 aliphatic carbocycles. The summed E-state index contributed by atoms with van der Waals surface area (Å²) in [7, 11) is 0. The van der Waals surface area contributed by atoms with Crippen LogP contribution in [0.15, 0.2) is 29.1 Å². The van der Waals surface area contributed by atoms with Crippen molar-refractivity contribution in [2.24, 2.45) is 0 Å². The van der Waals surface area contributed by atoms with Crippen molar-refractivity contribution in [3.63, 3.8) is 0 Å². The van der Waals surface area contributed by atoms with Gasteiger partial charge < -0.3 is 10.3 Å². The Hall–Kier alpha value is -3.22. The molecule has 0 bridgehead atoms. The molecule has 2 N–H and O–H groups in total. The standard InChI is InChI=1S/C21H23N3O4/c1-4-5-8-24-20(27)15-7-6-14(10-16(15)21(24)28)18(25)22-11-17-12(2)9-13(3)23-19(17)26/h6-7,9-10H,4-5,8,11H2,1-3H3,(H,22,25)(H,23,26). The number of imide groups is 1. The van der Waals surface area contributed by atoms with Crippen LogP contribution in [0.5, 0.6) is 0 Å². The lowest BCUT2D eigenvalue weighted by Gasteiger charge is -2.12. The predicted molar refractivity (Wildman–Crippen MR) is 104 cm³/mol. The maximum atomic E-state index is 12.5. The van der Waals surface area contributed by atoms with Gasteiger partial charge in [-0.15, -0.1) is 0 Å². The zero-order valence-electron chi connectivity index (χ0n) is 16.2. The number of benzene rings is 1. The highest BCUT2D eigenvalue weighted by Gasteiger charge is 2.35. The molecule has 1 aliphatic heterocycles. The number of aromatic nitrogens is 1. The summed E-state index contributed by atoms with van der Waals surface area (Å²) in [6.07, 6.45) is 1.61. The van der Waals surface area contributed by atoms with Gasteiger partial charge >= 0.3 is 0 Å². The van der Waals surface area contributed by atoms with Gasteiger partial charge in [0.25, 0.3) is 23.3 Å². The van der Waals surface area contributed by atoms with Crippen molar-refractivity contribution in [1.82, 2.24) is 15.2 Å². The zero-order chi connectivity index (χ0) is 20.4. The third kappa shape index (κ3) is 3.60. The van der Waals surface area contributed by atoms with Gasteiger partial charge in [0.2, 0.25) is 0 Å². The molecule has 28 heavy (non-hydrogen) atoms. The second-order valence-corrected chi connectivity index (χ2v) is 7.00. The molecule has 1 aromatic heterocycles. The van der Waals surface area contributed by atoms with Gasteiger partial charge in [0.15, 0.2) is 0 Å². The number of amides is 3. The van der Waals surface area contributed by atoms with Gasteiger partial charge in [0.1, 0.15) is 0 Å². The normalized spacial score (nSPS) is 13.0. The molecule has 2 aromatic rings. The average Bonchev–Trinajstić information content (AvgIpc) is 2.89. The molecule has 0 saturated carbocycles. The third-order valence-electron chi connectivity index (χ3n) is 4.89. The van der Waals surface area contributed by atoms with Crippen LogP contribution in [0, 0.1) is 13.8 Å². The summed E-state index contributed by atoms with van der Waals surface area (Å²) in [5.41, 5.74) is 2.64. The van der Waals surface area contributed by atoms with Gasteiger partial charge in [-0.2, -0.15) is 0 Å². The number of H-pyrrole nitrogens is 1. The molecule has 3 rings (SSSR count). The van der Waals surface area contributed by atoms with E-state index in [4.69, 9.17) is 0 Å². The molecular weight excluding hydrogens is 358 g/mol. The Morgan fingerprint density at radius 1 is 1.07 bits per heavy atom. The lowest BCUT2D eigenvalue weighted by atomic mass is 10.0. The van der Waals surface area contributed by atoms with Crippen LogP contribution in [0.25, 0.3) is 0 Å². The molecule has 1 aromatic carbocycles. The molecule has 0 radical (unpaired) electrons. The third-order valence-corrected chi connectivity index (χ3v) is 4.89. The first-order valence-electron chi connectivity index (χ1n) is 9.31. The van der Waals surface area contributed by atoms with Crippen molar-refractivity contribution < 1.29 is 14.4 Å². The summed E-state index contributed by atoms with van der Waals surface area (Å²) in [6, 6.07) is 6.33. The van der Waals surface area contributed by atoms with Crippen molar-refractivity contribution >= 4 is 17.7 Å². The predicted octanol–water partition coefficient (Wildman–Crippen LogP) is 2.32. The molecule has 7 heteroatoms. The van der Waals surface area contributed by atoms with Gasteiger partial charge in [-0.3, -0.25) is 24.1 Å². The molecule has 0 saturated heterocycles. The Kier molecular flexibility index (Phi) is 5.44. The van der Waals surface area contributed by atoms with Crippen molar-refractivity contribution in [1.29, 1.82) is 0 Å². The number of aromatic amines is 1. The Balaban J connectivity index is 1.77. The first-order chi connectivity index (χ1) is 13.3. The van der Waals surface area contributed by atoms with Crippen molar-refractivity contribution in [2.75, 3.05) is 6.54 Å².